The van der Waals surface area contributed by atoms with Gasteiger partial charge < -0.3 is 9.47 Å². The van der Waals surface area contributed by atoms with Crippen LogP contribution in [0.15, 0.2) is 91.0 Å². The van der Waals surface area contributed by atoms with Crippen LogP contribution in [0.25, 0.3) is 0 Å². The highest BCUT2D eigenvalue weighted by Crippen LogP contribution is 2.55. The lowest BCUT2D eigenvalue weighted by Gasteiger charge is -2.49. The minimum atomic E-state index is -1.11. The second kappa shape index (κ2) is 8.92. The van der Waals surface area contributed by atoms with Gasteiger partial charge in [-0.2, -0.15) is 0 Å². The van der Waals surface area contributed by atoms with Crippen molar-refractivity contribution in [3.05, 3.63) is 142 Å². The molecule has 3 aliphatic rings. The van der Waals surface area contributed by atoms with Crippen LogP contribution in [0.5, 0.6) is 0 Å². The van der Waals surface area contributed by atoms with Crippen molar-refractivity contribution >= 4 is 11.9 Å². The molecule has 184 valence electrons. The number of ether oxygens (including phenoxy) is 2. The topological polar surface area (TPSA) is 52.6 Å². The first-order valence-electron chi connectivity index (χ1n) is 11.7. The molecule has 0 N–H and O–H groups in total. The van der Waals surface area contributed by atoms with E-state index in [2.05, 4.69) is 0 Å². The van der Waals surface area contributed by atoms with E-state index in [0.717, 1.165) is 12.1 Å². The first kappa shape index (κ1) is 23.0. The van der Waals surface area contributed by atoms with Crippen LogP contribution in [0.3, 0.4) is 0 Å². The molecule has 37 heavy (non-hydrogen) atoms. The Labute approximate surface area is 210 Å². The number of halogens is 3. The van der Waals surface area contributed by atoms with E-state index in [-0.39, 0.29) is 11.1 Å². The van der Waals surface area contributed by atoms with Gasteiger partial charge in [0, 0.05) is 0 Å². The Hall–Kier alpha value is -4.39. The van der Waals surface area contributed by atoms with Gasteiger partial charge in [0.1, 0.15) is 5.82 Å². The third-order valence-electron chi connectivity index (χ3n) is 7.00. The Morgan fingerprint density at radius 3 is 1.46 bits per heavy atom. The number of esters is 2. The number of carbonyl (C=O) groups excluding carboxylic acids is 2. The second-order valence-corrected chi connectivity index (χ2v) is 9.10. The van der Waals surface area contributed by atoms with E-state index in [0.29, 0.717) is 22.3 Å². The number of rotatable bonds is 4. The van der Waals surface area contributed by atoms with E-state index in [1.807, 2.05) is 0 Å². The fourth-order valence-electron chi connectivity index (χ4n) is 5.44. The fraction of sp³-hybridized carbons (Fsp3) is 0.133. The molecule has 0 fully saturated rings. The zero-order chi connectivity index (χ0) is 25.7. The Kier molecular flexibility index (Phi) is 5.56. The molecular weight excluding hydrogens is 481 g/mol. The standard InChI is InChI=1S/C30H19F3O4/c31-18-11-12-19-20(13-18)26-22-15-24(33)23(32)14-21(22)25(19)27(36-29(34)16-7-3-1-4-8-16)28(26)37-30(35)17-9-5-2-6-10-17/h1-15,25-28H/t25-,26-,27?,28?/m0/s1. The highest BCUT2D eigenvalue weighted by Gasteiger charge is 2.54. The summed E-state index contributed by atoms with van der Waals surface area (Å²) in [6, 6.07) is 22.8. The molecule has 0 spiro atoms. The molecule has 4 aromatic rings. The molecular formula is C30H19F3O4. The third-order valence-corrected chi connectivity index (χ3v) is 7.00. The highest BCUT2D eigenvalue weighted by molar-refractivity contribution is 5.90. The Bertz CT molecular complexity index is 1520. The number of hydrogen-bond acceptors (Lipinski definition) is 4. The van der Waals surface area contributed by atoms with Gasteiger partial charge in [0.05, 0.1) is 23.0 Å². The summed E-state index contributed by atoms with van der Waals surface area (Å²) in [6.07, 6.45) is -2.18. The SMILES string of the molecule is O=C(OC1C(OC(=O)c2ccccc2)[C@H]2c3cc(F)ccc3[C@H]1c1cc(F)c(F)cc12)c1ccccc1. The van der Waals surface area contributed by atoms with Crippen molar-refractivity contribution in [1.29, 1.82) is 0 Å². The van der Waals surface area contributed by atoms with Gasteiger partial charge in [0.15, 0.2) is 23.8 Å². The quantitative estimate of drug-likeness (QED) is 0.316. The molecule has 7 heteroatoms. The van der Waals surface area contributed by atoms with Crippen LogP contribution in [0.4, 0.5) is 13.2 Å². The summed E-state index contributed by atoms with van der Waals surface area (Å²) in [7, 11) is 0. The lowest BCUT2D eigenvalue weighted by Crippen LogP contribution is -2.51. The maximum Gasteiger partial charge on any atom is 0.338 e. The summed E-state index contributed by atoms with van der Waals surface area (Å²) in [6.45, 7) is 0. The van der Waals surface area contributed by atoms with Crippen LogP contribution in [-0.4, -0.2) is 24.1 Å². The average molecular weight is 500 g/mol. The summed E-state index contributed by atoms with van der Waals surface area (Å²) in [5.41, 5.74) is 2.38. The lowest BCUT2D eigenvalue weighted by atomic mass is 9.61. The number of hydrogen-bond donors (Lipinski definition) is 0. The van der Waals surface area contributed by atoms with Gasteiger partial charge in [0.2, 0.25) is 0 Å². The van der Waals surface area contributed by atoms with Gasteiger partial charge >= 0.3 is 11.9 Å². The third kappa shape index (κ3) is 3.87. The molecule has 0 saturated carbocycles. The summed E-state index contributed by atoms with van der Waals surface area (Å²) < 4.78 is 55.1. The molecule has 2 bridgehead atoms. The van der Waals surface area contributed by atoms with E-state index < -0.39 is 53.4 Å². The van der Waals surface area contributed by atoms with Crippen LogP contribution in [-0.2, 0) is 9.47 Å². The van der Waals surface area contributed by atoms with E-state index in [1.165, 1.54) is 12.1 Å². The number of carbonyl (C=O) groups is 2. The predicted octanol–water partition coefficient (Wildman–Crippen LogP) is 6.15. The summed E-state index contributed by atoms with van der Waals surface area (Å²) in [5, 5.41) is 0. The minimum Gasteiger partial charge on any atom is -0.454 e. The van der Waals surface area contributed by atoms with Crippen molar-refractivity contribution < 1.29 is 32.2 Å². The van der Waals surface area contributed by atoms with Crippen molar-refractivity contribution in [2.45, 2.75) is 24.0 Å². The molecule has 0 saturated heterocycles. The van der Waals surface area contributed by atoms with Gasteiger partial charge in [-0.1, -0.05) is 42.5 Å². The molecule has 4 nitrogen and oxygen atoms in total. The lowest BCUT2D eigenvalue weighted by molar-refractivity contribution is -0.0559. The molecule has 0 amide bonds. The largest absolute Gasteiger partial charge is 0.454 e. The monoisotopic (exact) mass is 500 g/mol. The second-order valence-electron chi connectivity index (χ2n) is 9.10. The van der Waals surface area contributed by atoms with Crippen LogP contribution >= 0.6 is 0 Å². The smallest absolute Gasteiger partial charge is 0.338 e. The van der Waals surface area contributed by atoms with Crippen molar-refractivity contribution in [2.24, 2.45) is 0 Å². The van der Waals surface area contributed by atoms with Gasteiger partial charge in [-0.05, 0) is 70.8 Å². The summed E-state index contributed by atoms with van der Waals surface area (Å²) >= 11 is 0. The average Bonchev–Trinajstić information content (AvgIpc) is 2.91. The molecule has 0 aliphatic heterocycles. The van der Waals surface area contributed by atoms with Crippen molar-refractivity contribution in [1.82, 2.24) is 0 Å². The first-order valence-corrected chi connectivity index (χ1v) is 11.7. The molecule has 2 unspecified atom stereocenters. The normalized spacial score (nSPS) is 21.1. The summed E-state index contributed by atoms with van der Waals surface area (Å²) in [4.78, 5) is 26.3. The van der Waals surface area contributed by atoms with Crippen molar-refractivity contribution in [3.63, 3.8) is 0 Å². The van der Waals surface area contributed by atoms with Crippen LogP contribution < -0.4 is 0 Å². The van der Waals surface area contributed by atoms with Crippen molar-refractivity contribution in [3.8, 4) is 0 Å². The van der Waals surface area contributed by atoms with E-state index in [1.54, 1.807) is 66.7 Å². The van der Waals surface area contributed by atoms with Gasteiger partial charge in [-0.25, -0.2) is 22.8 Å². The molecule has 4 atom stereocenters. The Morgan fingerprint density at radius 2 is 0.973 bits per heavy atom. The Morgan fingerprint density at radius 1 is 0.541 bits per heavy atom. The maximum absolute atomic E-state index is 14.4. The summed E-state index contributed by atoms with van der Waals surface area (Å²) in [5.74, 6) is -5.70. The predicted molar refractivity (Wildman–Crippen MR) is 128 cm³/mol. The van der Waals surface area contributed by atoms with Gasteiger partial charge in [-0.3, -0.25) is 0 Å². The van der Waals surface area contributed by atoms with Crippen LogP contribution in [0.2, 0.25) is 0 Å². The molecule has 4 aromatic carbocycles. The van der Waals surface area contributed by atoms with Crippen molar-refractivity contribution in [2.75, 3.05) is 0 Å². The van der Waals surface area contributed by atoms with Crippen LogP contribution in [0, 0.1) is 17.5 Å². The molecule has 0 aromatic heterocycles. The van der Waals surface area contributed by atoms with Gasteiger partial charge in [0.25, 0.3) is 0 Å². The number of fused-ring (bicyclic) bond motifs is 1. The van der Waals surface area contributed by atoms with E-state index in [4.69, 9.17) is 9.47 Å². The Balaban J connectivity index is 1.51. The first-order chi connectivity index (χ1) is 17.9. The number of benzene rings is 4. The molecule has 7 rings (SSSR count). The zero-order valence-electron chi connectivity index (χ0n) is 19.2. The minimum absolute atomic E-state index is 0.266. The maximum atomic E-state index is 14.4. The molecule has 0 heterocycles. The molecule has 3 aliphatic carbocycles. The molecule has 0 radical (unpaired) electrons. The fourth-order valence-corrected chi connectivity index (χ4v) is 5.44. The van der Waals surface area contributed by atoms with E-state index >= 15 is 0 Å². The zero-order valence-corrected chi connectivity index (χ0v) is 19.2. The van der Waals surface area contributed by atoms with E-state index in [9.17, 15) is 22.8 Å². The van der Waals surface area contributed by atoms with Gasteiger partial charge in [-0.15, -0.1) is 0 Å². The van der Waals surface area contributed by atoms with Crippen LogP contribution in [0.1, 0.15) is 54.8 Å². The highest BCUT2D eigenvalue weighted by atomic mass is 19.2.